The zero-order chi connectivity index (χ0) is 18.8. The lowest BCUT2D eigenvalue weighted by Gasteiger charge is -2.14. The summed E-state index contributed by atoms with van der Waals surface area (Å²) in [6.45, 7) is 8.39. The molecule has 0 saturated heterocycles. The molecule has 0 amide bonds. The third-order valence-electron chi connectivity index (χ3n) is 4.47. The van der Waals surface area contributed by atoms with Gasteiger partial charge in [-0.15, -0.1) is 11.3 Å². The highest BCUT2D eigenvalue weighted by Crippen LogP contribution is 2.35. The molecule has 0 fully saturated rings. The maximum absolute atomic E-state index is 12.0. The molecule has 1 atom stereocenters. The zero-order valence-corrected chi connectivity index (χ0v) is 17.1. The number of nitrogens with zero attached hydrogens (tertiary/aromatic N) is 2. The lowest BCUT2D eigenvalue weighted by molar-refractivity contribution is 0.0531. The van der Waals surface area contributed by atoms with Crippen LogP contribution in [0.2, 0.25) is 5.02 Å². The van der Waals surface area contributed by atoms with E-state index < -0.39 is 0 Å². The number of fused-ring (bicyclic) bond motifs is 1. The summed E-state index contributed by atoms with van der Waals surface area (Å²) < 4.78 is 7.35. The Balaban J connectivity index is 2.01. The van der Waals surface area contributed by atoms with Crippen LogP contribution in [0.15, 0.2) is 24.4 Å². The van der Waals surface area contributed by atoms with Crippen LogP contribution in [0, 0.1) is 6.92 Å². The average molecular weight is 391 g/mol. The molecule has 0 N–H and O–H groups in total. The number of aryl methyl sites for hydroxylation is 1. The molecular formula is C20H23ClN2O2S. The zero-order valence-electron chi connectivity index (χ0n) is 15.5. The molecular weight excluding hydrogens is 368 g/mol. The van der Waals surface area contributed by atoms with Crippen molar-refractivity contribution in [3.8, 4) is 10.6 Å². The molecule has 0 aliphatic heterocycles. The number of benzene rings is 1. The molecule has 6 heteroatoms. The predicted molar refractivity (Wildman–Crippen MR) is 108 cm³/mol. The minimum Gasteiger partial charge on any atom is -0.462 e. The number of carbonyl (C=O) groups is 1. The first-order valence-electron chi connectivity index (χ1n) is 8.91. The van der Waals surface area contributed by atoms with Gasteiger partial charge in [0.1, 0.15) is 9.88 Å². The molecule has 2 heterocycles. The van der Waals surface area contributed by atoms with Crippen LogP contribution in [0.25, 0.3) is 21.5 Å². The molecule has 4 nitrogen and oxygen atoms in total. The van der Waals surface area contributed by atoms with E-state index in [1.807, 2.05) is 19.2 Å². The van der Waals surface area contributed by atoms with Crippen LogP contribution in [0.5, 0.6) is 0 Å². The summed E-state index contributed by atoms with van der Waals surface area (Å²) >= 11 is 7.86. The topological polar surface area (TPSA) is 44.1 Å². The summed E-state index contributed by atoms with van der Waals surface area (Å²) in [5.41, 5.74) is 2.78. The Labute approximate surface area is 162 Å². The number of ether oxygens (including phenoxy) is 1. The van der Waals surface area contributed by atoms with E-state index >= 15 is 0 Å². The fourth-order valence-electron chi connectivity index (χ4n) is 3.17. The van der Waals surface area contributed by atoms with Gasteiger partial charge in [-0.2, -0.15) is 0 Å². The molecule has 138 valence electrons. The van der Waals surface area contributed by atoms with E-state index in [1.54, 1.807) is 6.92 Å². The SMILES string of the molecule is CCCC(C)n1cc(Cl)c2cc(-c3nc(C)c(C(=O)OCC)s3)ccc21. The summed E-state index contributed by atoms with van der Waals surface area (Å²) in [7, 11) is 0. The summed E-state index contributed by atoms with van der Waals surface area (Å²) in [5.74, 6) is -0.313. The Bertz CT molecular complexity index is 945. The largest absolute Gasteiger partial charge is 0.462 e. The Morgan fingerprint density at radius 3 is 2.85 bits per heavy atom. The molecule has 0 aliphatic carbocycles. The van der Waals surface area contributed by atoms with Crippen LogP contribution >= 0.6 is 22.9 Å². The first kappa shape index (κ1) is 18.9. The third kappa shape index (κ3) is 3.51. The highest BCUT2D eigenvalue weighted by molar-refractivity contribution is 7.17. The van der Waals surface area contributed by atoms with Gasteiger partial charge in [0.05, 0.1) is 17.3 Å². The summed E-state index contributed by atoms with van der Waals surface area (Å²) in [6.07, 6.45) is 4.25. The van der Waals surface area contributed by atoms with Gasteiger partial charge in [-0.25, -0.2) is 9.78 Å². The highest BCUT2D eigenvalue weighted by Gasteiger charge is 2.18. The minimum atomic E-state index is -0.313. The Hall–Kier alpha value is -1.85. The highest BCUT2D eigenvalue weighted by atomic mass is 35.5. The third-order valence-corrected chi connectivity index (χ3v) is 5.96. The molecule has 0 aliphatic rings. The fraction of sp³-hybridized carbons (Fsp3) is 0.400. The van der Waals surface area contributed by atoms with Crippen LogP contribution in [-0.4, -0.2) is 22.1 Å². The van der Waals surface area contributed by atoms with Crippen molar-refractivity contribution in [3.05, 3.63) is 40.0 Å². The molecule has 2 aromatic heterocycles. The van der Waals surface area contributed by atoms with E-state index in [0.29, 0.717) is 23.2 Å². The lowest BCUT2D eigenvalue weighted by Crippen LogP contribution is -2.03. The minimum absolute atomic E-state index is 0.313. The number of thiazole rings is 1. The van der Waals surface area contributed by atoms with Crippen molar-refractivity contribution in [2.24, 2.45) is 0 Å². The number of halogens is 1. The van der Waals surface area contributed by atoms with E-state index in [9.17, 15) is 4.79 Å². The fourth-order valence-corrected chi connectivity index (χ4v) is 4.39. The second kappa shape index (κ2) is 7.80. The smallest absolute Gasteiger partial charge is 0.350 e. The molecule has 26 heavy (non-hydrogen) atoms. The van der Waals surface area contributed by atoms with E-state index in [4.69, 9.17) is 16.3 Å². The van der Waals surface area contributed by atoms with Crippen molar-refractivity contribution in [1.82, 2.24) is 9.55 Å². The average Bonchev–Trinajstić information content (AvgIpc) is 3.16. The van der Waals surface area contributed by atoms with Gasteiger partial charge < -0.3 is 9.30 Å². The van der Waals surface area contributed by atoms with E-state index in [0.717, 1.165) is 39.3 Å². The number of hydrogen-bond acceptors (Lipinski definition) is 4. The predicted octanol–water partition coefficient (Wildman–Crippen LogP) is 6.26. The Morgan fingerprint density at radius 1 is 1.38 bits per heavy atom. The van der Waals surface area contributed by atoms with Crippen molar-refractivity contribution < 1.29 is 9.53 Å². The molecule has 3 rings (SSSR count). The molecule has 1 unspecified atom stereocenters. The maximum atomic E-state index is 12.0. The van der Waals surface area contributed by atoms with Gasteiger partial charge in [0.2, 0.25) is 0 Å². The quantitative estimate of drug-likeness (QED) is 0.466. The second-order valence-corrected chi connectivity index (χ2v) is 7.81. The number of hydrogen-bond donors (Lipinski definition) is 0. The molecule has 0 saturated carbocycles. The second-order valence-electron chi connectivity index (χ2n) is 6.41. The van der Waals surface area contributed by atoms with Gasteiger partial charge in [0.25, 0.3) is 0 Å². The van der Waals surface area contributed by atoms with Gasteiger partial charge >= 0.3 is 5.97 Å². The van der Waals surface area contributed by atoms with Gasteiger partial charge in [0.15, 0.2) is 0 Å². The summed E-state index contributed by atoms with van der Waals surface area (Å²) in [5, 5.41) is 2.55. The first-order chi connectivity index (χ1) is 12.5. The first-order valence-corrected chi connectivity index (χ1v) is 10.1. The molecule has 1 aromatic carbocycles. The molecule has 0 bridgehead atoms. The maximum Gasteiger partial charge on any atom is 0.350 e. The Morgan fingerprint density at radius 2 is 2.15 bits per heavy atom. The van der Waals surface area contributed by atoms with Crippen LogP contribution in [0.1, 0.15) is 55.0 Å². The summed E-state index contributed by atoms with van der Waals surface area (Å²) in [6, 6.07) is 6.59. The molecule has 0 radical (unpaired) electrons. The van der Waals surface area contributed by atoms with Gasteiger partial charge in [0, 0.05) is 28.7 Å². The van der Waals surface area contributed by atoms with E-state index in [2.05, 4.69) is 35.5 Å². The number of carbonyl (C=O) groups excluding carboxylic acids is 1. The van der Waals surface area contributed by atoms with Crippen molar-refractivity contribution in [1.29, 1.82) is 0 Å². The standard InChI is InChI=1S/C20H23ClN2O2S/c1-5-7-12(3)23-11-16(21)15-10-14(8-9-17(15)23)19-22-13(4)18(26-19)20(24)25-6-2/h8-12H,5-7H2,1-4H3. The monoisotopic (exact) mass is 390 g/mol. The Kier molecular flexibility index (Phi) is 5.68. The van der Waals surface area contributed by atoms with Gasteiger partial charge in [-0.3, -0.25) is 0 Å². The summed E-state index contributed by atoms with van der Waals surface area (Å²) in [4.78, 5) is 17.2. The van der Waals surface area contributed by atoms with Crippen molar-refractivity contribution >= 4 is 39.8 Å². The van der Waals surface area contributed by atoms with Gasteiger partial charge in [-0.1, -0.05) is 24.9 Å². The van der Waals surface area contributed by atoms with E-state index in [-0.39, 0.29) is 5.97 Å². The van der Waals surface area contributed by atoms with Crippen LogP contribution in [-0.2, 0) is 4.74 Å². The molecule has 0 spiro atoms. The number of aromatic nitrogens is 2. The van der Waals surface area contributed by atoms with Crippen LogP contribution < -0.4 is 0 Å². The molecule has 3 aromatic rings. The van der Waals surface area contributed by atoms with Gasteiger partial charge in [-0.05, 0) is 45.4 Å². The number of rotatable bonds is 6. The van der Waals surface area contributed by atoms with Crippen LogP contribution in [0.3, 0.4) is 0 Å². The van der Waals surface area contributed by atoms with Crippen molar-refractivity contribution in [2.45, 2.75) is 46.6 Å². The normalized spacial score (nSPS) is 12.5. The van der Waals surface area contributed by atoms with Crippen molar-refractivity contribution in [2.75, 3.05) is 6.61 Å². The van der Waals surface area contributed by atoms with E-state index in [1.165, 1.54) is 11.3 Å². The van der Waals surface area contributed by atoms with Crippen molar-refractivity contribution in [3.63, 3.8) is 0 Å². The lowest BCUT2D eigenvalue weighted by atomic mass is 10.1. The number of esters is 1. The van der Waals surface area contributed by atoms with Crippen LogP contribution in [0.4, 0.5) is 0 Å².